The van der Waals surface area contributed by atoms with Crippen LogP contribution in [0.15, 0.2) is 30.7 Å². The molecule has 5 nitrogen and oxygen atoms in total. The fourth-order valence-electron chi connectivity index (χ4n) is 3.06. The molecule has 1 fully saturated rings. The van der Waals surface area contributed by atoms with E-state index in [-0.39, 0.29) is 5.82 Å². The number of rotatable bonds is 2. The van der Waals surface area contributed by atoms with Crippen molar-refractivity contribution in [2.24, 2.45) is 0 Å². The summed E-state index contributed by atoms with van der Waals surface area (Å²) < 4.78 is 16.1. The van der Waals surface area contributed by atoms with Gasteiger partial charge in [-0.3, -0.25) is 0 Å². The molecule has 1 aromatic carbocycles. The van der Waals surface area contributed by atoms with E-state index < -0.39 is 0 Å². The molecule has 0 atom stereocenters. The molecule has 0 saturated carbocycles. The predicted molar refractivity (Wildman–Crippen MR) is 95.3 cm³/mol. The number of halogens is 3. The Hall–Kier alpha value is -1.73. The van der Waals surface area contributed by atoms with E-state index in [1.54, 1.807) is 22.8 Å². The molecular formula is C16H14BrClFN5. The lowest BCUT2D eigenvalue weighted by atomic mass is 10.0. The van der Waals surface area contributed by atoms with Crippen molar-refractivity contribution < 1.29 is 4.39 Å². The summed E-state index contributed by atoms with van der Waals surface area (Å²) in [6.45, 7) is 1.68. The van der Waals surface area contributed by atoms with Crippen molar-refractivity contribution in [3.8, 4) is 11.1 Å². The Labute approximate surface area is 151 Å². The van der Waals surface area contributed by atoms with Crippen LogP contribution in [0.4, 0.5) is 10.2 Å². The summed E-state index contributed by atoms with van der Waals surface area (Å²) in [5.74, 6) is 0.895. The van der Waals surface area contributed by atoms with Crippen LogP contribution in [0.25, 0.3) is 16.9 Å². The third kappa shape index (κ3) is 2.65. The zero-order valence-electron chi connectivity index (χ0n) is 12.7. The highest BCUT2D eigenvalue weighted by atomic mass is 79.9. The summed E-state index contributed by atoms with van der Waals surface area (Å²) in [6.07, 6.45) is 5.09. The Balaban J connectivity index is 1.94. The number of fused-ring (bicyclic) bond motifs is 1. The molecule has 124 valence electrons. The molecule has 0 spiro atoms. The summed E-state index contributed by atoms with van der Waals surface area (Å²) >= 11 is 9.95. The molecule has 0 bridgehead atoms. The van der Waals surface area contributed by atoms with E-state index in [0.717, 1.165) is 31.7 Å². The summed E-state index contributed by atoms with van der Waals surface area (Å²) in [4.78, 5) is 11.1. The zero-order valence-corrected chi connectivity index (χ0v) is 15.0. The monoisotopic (exact) mass is 409 g/mol. The van der Waals surface area contributed by atoms with Crippen LogP contribution < -0.4 is 4.90 Å². The van der Waals surface area contributed by atoms with Gasteiger partial charge in [-0.2, -0.15) is 14.6 Å². The SMILES string of the molecule is Fc1cccc(Cl)c1-c1cnc2ncnn2c1N1CCC(Br)CC1. The minimum atomic E-state index is -0.375. The van der Waals surface area contributed by atoms with Gasteiger partial charge in [-0.05, 0) is 25.0 Å². The normalized spacial score (nSPS) is 16.0. The maximum atomic E-state index is 14.5. The quantitative estimate of drug-likeness (QED) is 0.600. The van der Waals surface area contributed by atoms with Gasteiger partial charge in [0.15, 0.2) is 0 Å². The predicted octanol–water partition coefficient (Wildman–Crippen LogP) is 3.95. The lowest BCUT2D eigenvalue weighted by molar-refractivity contribution is 0.586. The fourth-order valence-corrected chi connectivity index (χ4v) is 3.74. The highest BCUT2D eigenvalue weighted by Gasteiger charge is 2.25. The minimum Gasteiger partial charge on any atom is -0.356 e. The number of benzene rings is 1. The van der Waals surface area contributed by atoms with Crippen molar-refractivity contribution in [3.05, 3.63) is 41.6 Å². The second-order valence-corrected chi connectivity index (χ2v) is 7.43. The Kier molecular flexibility index (Phi) is 4.14. The van der Waals surface area contributed by atoms with E-state index in [1.165, 1.54) is 12.4 Å². The third-order valence-electron chi connectivity index (χ3n) is 4.24. The van der Waals surface area contributed by atoms with Crippen molar-refractivity contribution in [2.45, 2.75) is 17.7 Å². The minimum absolute atomic E-state index is 0.347. The molecule has 1 aliphatic rings. The summed E-state index contributed by atoms with van der Waals surface area (Å²) in [6, 6.07) is 4.68. The topological polar surface area (TPSA) is 46.3 Å². The molecule has 2 aromatic heterocycles. The molecule has 8 heteroatoms. The lowest BCUT2D eigenvalue weighted by Gasteiger charge is -2.32. The van der Waals surface area contributed by atoms with Crippen molar-refractivity contribution in [1.82, 2.24) is 19.6 Å². The Morgan fingerprint density at radius 1 is 1.21 bits per heavy atom. The second-order valence-electron chi connectivity index (χ2n) is 5.73. The molecule has 0 unspecified atom stereocenters. The average molecular weight is 411 g/mol. The van der Waals surface area contributed by atoms with Crippen molar-refractivity contribution in [2.75, 3.05) is 18.0 Å². The van der Waals surface area contributed by atoms with Gasteiger partial charge >= 0.3 is 0 Å². The number of piperidine rings is 1. The van der Waals surface area contributed by atoms with Gasteiger partial charge in [0.2, 0.25) is 0 Å². The van der Waals surface area contributed by atoms with Crippen LogP contribution >= 0.6 is 27.5 Å². The van der Waals surface area contributed by atoms with E-state index in [1.807, 2.05) is 0 Å². The molecule has 0 amide bonds. The smallest absolute Gasteiger partial charge is 0.254 e. The third-order valence-corrected chi connectivity index (χ3v) is 5.47. The largest absolute Gasteiger partial charge is 0.356 e. The van der Waals surface area contributed by atoms with Gasteiger partial charge in [0.25, 0.3) is 5.78 Å². The van der Waals surface area contributed by atoms with Gasteiger partial charge in [-0.15, -0.1) is 0 Å². The number of alkyl halides is 1. The van der Waals surface area contributed by atoms with Crippen molar-refractivity contribution in [3.63, 3.8) is 0 Å². The molecule has 1 saturated heterocycles. The molecule has 24 heavy (non-hydrogen) atoms. The average Bonchev–Trinajstić information content (AvgIpc) is 3.04. The van der Waals surface area contributed by atoms with E-state index in [2.05, 4.69) is 35.9 Å². The van der Waals surface area contributed by atoms with E-state index in [0.29, 0.717) is 26.8 Å². The van der Waals surface area contributed by atoms with E-state index in [4.69, 9.17) is 11.6 Å². The first-order chi connectivity index (χ1) is 11.6. The maximum Gasteiger partial charge on any atom is 0.254 e. The number of aromatic nitrogens is 4. The Morgan fingerprint density at radius 3 is 2.75 bits per heavy atom. The fraction of sp³-hybridized carbons (Fsp3) is 0.312. The highest BCUT2D eigenvalue weighted by molar-refractivity contribution is 9.09. The molecule has 0 aliphatic carbocycles. The number of hydrogen-bond donors (Lipinski definition) is 0. The Bertz CT molecular complexity index is 871. The van der Waals surface area contributed by atoms with Crippen LogP contribution in [0.5, 0.6) is 0 Å². The van der Waals surface area contributed by atoms with E-state index >= 15 is 0 Å². The molecule has 0 N–H and O–H groups in total. The molecule has 3 aromatic rings. The summed E-state index contributed by atoms with van der Waals surface area (Å²) in [5.41, 5.74) is 0.976. The number of anilines is 1. The van der Waals surface area contributed by atoms with Crippen LogP contribution in [0.3, 0.4) is 0 Å². The van der Waals surface area contributed by atoms with Crippen LogP contribution in [-0.4, -0.2) is 37.5 Å². The first-order valence-corrected chi connectivity index (χ1v) is 8.96. The van der Waals surface area contributed by atoms with Crippen LogP contribution in [0, 0.1) is 5.82 Å². The number of hydrogen-bond acceptors (Lipinski definition) is 4. The van der Waals surface area contributed by atoms with Crippen LogP contribution in [-0.2, 0) is 0 Å². The second kappa shape index (κ2) is 6.29. The summed E-state index contributed by atoms with van der Waals surface area (Å²) in [7, 11) is 0. The highest BCUT2D eigenvalue weighted by Crippen LogP contribution is 2.37. The van der Waals surface area contributed by atoms with Gasteiger partial charge < -0.3 is 4.90 Å². The van der Waals surface area contributed by atoms with Gasteiger partial charge in [-0.25, -0.2) is 9.37 Å². The van der Waals surface area contributed by atoms with Gasteiger partial charge in [0.1, 0.15) is 18.0 Å². The first kappa shape index (κ1) is 15.8. The Morgan fingerprint density at radius 2 is 2.00 bits per heavy atom. The first-order valence-electron chi connectivity index (χ1n) is 7.67. The zero-order chi connectivity index (χ0) is 16.7. The van der Waals surface area contributed by atoms with E-state index in [9.17, 15) is 4.39 Å². The number of nitrogens with zero attached hydrogens (tertiary/aromatic N) is 5. The van der Waals surface area contributed by atoms with Crippen molar-refractivity contribution >= 4 is 39.1 Å². The lowest BCUT2D eigenvalue weighted by Crippen LogP contribution is -2.35. The molecule has 4 rings (SSSR count). The standard InChI is InChI=1S/C16H14BrClFN5/c17-10-4-6-23(7-5-10)15-11(8-20-16-21-9-22-24(15)16)14-12(18)2-1-3-13(14)19/h1-3,8-10H,4-7H2. The van der Waals surface area contributed by atoms with Crippen LogP contribution in [0.2, 0.25) is 5.02 Å². The maximum absolute atomic E-state index is 14.5. The van der Waals surface area contributed by atoms with Crippen molar-refractivity contribution in [1.29, 1.82) is 0 Å². The van der Waals surface area contributed by atoms with Gasteiger partial charge in [0.05, 0.1) is 5.02 Å². The molecular weight excluding hydrogens is 397 g/mol. The van der Waals surface area contributed by atoms with Crippen LogP contribution in [0.1, 0.15) is 12.8 Å². The van der Waals surface area contributed by atoms with Gasteiger partial charge in [-0.1, -0.05) is 33.6 Å². The van der Waals surface area contributed by atoms with Gasteiger partial charge in [0, 0.05) is 35.2 Å². The molecule has 3 heterocycles. The summed E-state index contributed by atoms with van der Waals surface area (Å²) in [5, 5.41) is 4.64. The molecule has 0 radical (unpaired) electrons. The molecule has 1 aliphatic heterocycles.